The van der Waals surface area contributed by atoms with Crippen molar-refractivity contribution in [1.29, 1.82) is 0 Å². The third-order valence-corrected chi connectivity index (χ3v) is 3.66. The zero-order valence-corrected chi connectivity index (χ0v) is 14.6. The van der Waals surface area contributed by atoms with Crippen LogP contribution in [-0.4, -0.2) is 49.5 Å². The van der Waals surface area contributed by atoms with Crippen LogP contribution in [0.3, 0.4) is 0 Å². The molecule has 7 heteroatoms. The zero-order chi connectivity index (χ0) is 17.7. The highest BCUT2D eigenvalue weighted by atomic mass is 16.3. The van der Waals surface area contributed by atoms with Crippen LogP contribution in [0.25, 0.3) is 5.69 Å². The summed E-state index contributed by atoms with van der Waals surface area (Å²) in [5.74, 6) is 0. The van der Waals surface area contributed by atoms with Crippen molar-refractivity contribution in [2.24, 2.45) is 0 Å². The third-order valence-electron chi connectivity index (χ3n) is 3.66. The van der Waals surface area contributed by atoms with E-state index in [1.807, 2.05) is 38.1 Å². The summed E-state index contributed by atoms with van der Waals surface area (Å²) in [5.41, 5.74) is 0.981. The van der Waals surface area contributed by atoms with E-state index < -0.39 is 5.60 Å². The van der Waals surface area contributed by atoms with Gasteiger partial charge in [0.05, 0.1) is 23.9 Å². The molecule has 0 saturated heterocycles. The third kappa shape index (κ3) is 4.79. The highest BCUT2D eigenvalue weighted by Gasteiger charge is 2.22. The van der Waals surface area contributed by atoms with Crippen molar-refractivity contribution in [3.05, 3.63) is 42.5 Å². The van der Waals surface area contributed by atoms with E-state index in [1.165, 1.54) is 6.33 Å². The molecule has 0 aliphatic carbocycles. The van der Waals surface area contributed by atoms with Crippen LogP contribution in [0.1, 0.15) is 39.3 Å². The fourth-order valence-corrected chi connectivity index (χ4v) is 2.41. The summed E-state index contributed by atoms with van der Waals surface area (Å²) in [6.45, 7) is 8.02. The minimum absolute atomic E-state index is 0.141. The Labute approximate surface area is 142 Å². The number of likely N-dealkylation sites (N-methyl/N-ethyl adjacent to an activating group) is 1. The number of rotatable bonds is 6. The number of hydrogen-bond donors (Lipinski definition) is 2. The van der Waals surface area contributed by atoms with Crippen molar-refractivity contribution < 1.29 is 9.90 Å². The van der Waals surface area contributed by atoms with E-state index in [0.29, 0.717) is 6.54 Å². The van der Waals surface area contributed by atoms with E-state index in [2.05, 4.69) is 15.4 Å². The largest absolute Gasteiger partial charge is 0.389 e. The number of aromatic nitrogens is 3. The molecule has 1 atom stereocenters. The van der Waals surface area contributed by atoms with Gasteiger partial charge in [-0.1, -0.05) is 12.1 Å². The van der Waals surface area contributed by atoms with Gasteiger partial charge in [0.25, 0.3) is 0 Å². The quantitative estimate of drug-likeness (QED) is 0.849. The maximum Gasteiger partial charge on any atom is 0.317 e. The topological polar surface area (TPSA) is 83.3 Å². The van der Waals surface area contributed by atoms with E-state index in [9.17, 15) is 9.90 Å². The number of benzene rings is 1. The van der Waals surface area contributed by atoms with Crippen LogP contribution in [0, 0.1) is 0 Å². The summed E-state index contributed by atoms with van der Waals surface area (Å²) < 4.78 is 1.68. The second-order valence-electron chi connectivity index (χ2n) is 6.43. The molecule has 2 amide bonds. The van der Waals surface area contributed by atoms with E-state index in [0.717, 1.165) is 11.3 Å². The Bertz CT molecular complexity index is 647. The molecule has 1 aromatic heterocycles. The minimum atomic E-state index is -0.921. The molecular weight excluding hydrogens is 306 g/mol. The SMILES string of the molecule is CCN(CC(C)(C)O)C(=O)NC(C)c1ccc(-n2cncn2)cc1. The van der Waals surface area contributed by atoms with Gasteiger partial charge in [0.2, 0.25) is 0 Å². The molecule has 2 rings (SSSR count). The predicted molar refractivity (Wildman–Crippen MR) is 91.9 cm³/mol. The van der Waals surface area contributed by atoms with Gasteiger partial charge in [-0.25, -0.2) is 14.5 Å². The van der Waals surface area contributed by atoms with Gasteiger partial charge < -0.3 is 15.3 Å². The van der Waals surface area contributed by atoms with Crippen LogP contribution in [-0.2, 0) is 0 Å². The summed E-state index contributed by atoms with van der Waals surface area (Å²) >= 11 is 0. The van der Waals surface area contributed by atoms with Crippen LogP contribution in [0.15, 0.2) is 36.9 Å². The predicted octanol–water partition coefficient (Wildman–Crippen LogP) is 2.13. The summed E-state index contributed by atoms with van der Waals surface area (Å²) in [6, 6.07) is 7.44. The molecule has 7 nitrogen and oxygen atoms in total. The molecule has 0 aliphatic heterocycles. The van der Waals surface area contributed by atoms with E-state index in [-0.39, 0.29) is 18.6 Å². The molecule has 0 radical (unpaired) electrons. The fourth-order valence-electron chi connectivity index (χ4n) is 2.41. The van der Waals surface area contributed by atoms with Crippen LogP contribution < -0.4 is 5.32 Å². The second kappa shape index (κ2) is 7.44. The number of aliphatic hydroxyl groups is 1. The monoisotopic (exact) mass is 331 g/mol. The van der Waals surface area contributed by atoms with Crippen molar-refractivity contribution in [3.8, 4) is 5.69 Å². The standard InChI is InChI=1S/C17H25N5O2/c1-5-21(10-17(3,4)24)16(23)20-13(2)14-6-8-15(9-7-14)22-12-18-11-19-22/h6-9,11-13,24H,5,10H2,1-4H3,(H,20,23). The fraction of sp³-hybridized carbons (Fsp3) is 0.471. The van der Waals surface area contributed by atoms with Gasteiger partial charge in [-0.05, 0) is 45.4 Å². The minimum Gasteiger partial charge on any atom is -0.389 e. The molecule has 1 aromatic carbocycles. The molecule has 2 aromatic rings. The lowest BCUT2D eigenvalue weighted by molar-refractivity contribution is 0.0476. The Morgan fingerprint density at radius 3 is 2.54 bits per heavy atom. The van der Waals surface area contributed by atoms with Gasteiger partial charge in [0, 0.05) is 6.54 Å². The normalized spacial score (nSPS) is 12.7. The van der Waals surface area contributed by atoms with Crippen LogP contribution in [0.2, 0.25) is 0 Å². The summed E-state index contributed by atoms with van der Waals surface area (Å²) in [4.78, 5) is 17.9. The molecule has 2 N–H and O–H groups in total. The first-order valence-corrected chi connectivity index (χ1v) is 8.03. The Hall–Kier alpha value is -2.41. The van der Waals surface area contributed by atoms with Gasteiger partial charge in [-0.3, -0.25) is 0 Å². The first-order chi connectivity index (χ1) is 11.3. The number of carbonyl (C=O) groups is 1. The molecule has 0 spiro atoms. The van der Waals surface area contributed by atoms with Crippen molar-refractivity contribution in [1.82, 2.24) is 25.0 Å². The lowest BCUT2D eigenvalue weighted by Crippen LogP contribution is -2.47. The Balaban J connectivity index is 2.00. The molecule has 130 valence electrons. The summed E-state index contributed by atoms with van der Waals surface area (Å²) in [7, 11) is 0. The average Bonchev–Trinajstić information content (AvgIpc) is 3.06. The van der Waals surface area contributed by atoms with Gasteiger partial charge in [-0.15, -0.1) is 0 Å². The smallest absolute Gasteiger partial charge is 0.317 e. The number of nitrogens with zero attached hydrogens (tertiary/aromatic N) is 4. The molecule has 0 saturated carbocycles. The summed E-state index contributed by atoms with van der Waals surface area (Å²) in [6.07, 6.45) is 3.12. The Morgan fingerprint density at radius 2 is 2.04 bits per heavy atom. The van der Waals surface area contributed by atoms with Crippen molar-refractivity contribution in [3.63, 3.8) is 0 Å². The van der Waals surface area contributed by atoms with Gasteiger partial charge in [-0.2, -0.15) is 5.10 Å². The summed E-state index contributed by atoms with van der Waals surface area (Å²) in [5, 5.41) is 17.0. The number of amides is 2. The first-order valence-electron chi connectivity index (χ1n) is 8.03. The van der Waals surface area contributed by atoms with Crippen molar-refractivity contribution in [2.75, 3.05) is 13.1 Å². The lowest BCUT2D eigenvalue weighted by atomic mass is 10.1. The van der Waals surface area contributed by atoms with E-state index in [1.54, 1.807) is 29.8 Å². The second-order valence-corrected chi connectivity index (χ2v) is 6.43. The lowest BCUT2D eigenvalue weighted by Gasteiger charge is -2.29. The highest BCUT2D eigenvalue weighted by Crippen LogP contribution is 2.16. The highest BCUT2D eigenvalue weighted by molar-refractivity contribution is 5.74. The molecule has 0 fully saturated rings. The van der Waals surface area contributed by atoms with Crippen LogP contribution in [0.4, 0.5) is 4.79 Å². The average molecular weight is 331 g/mol. The van der Waals surface area contributed by atoms with Crippen LogP contribution >= 0.6 is 0 Å². The van der Waals surface area contributed by atoms with E-state index >= 15 is 0 Å². The molecular formula is C17H25N5O2. The maximum atomic E-state index is 12.4. The van der Waals surface area contributed by atoms with Gasteiger partial charge in [0.1, 0.15) is 12.7 Å². The number of carbonyl (C=O) groups excluding carboxylic acids is 1. The van der Waals surface area contributed by atoms with E-state index in [4.69, 9.17) is 0 Å². The maximum absolute atomic E-state index is 12.4. The number of hydrogen-bond acceptors (Lipinski definition) is 4. The first kappa shape index (κ1) is 17.9. The van der Waals surface area contributed by atoms with Crippen molar-refractivity contribution in [2.45, 2.75) is 39.3 Å². The molecule has 1 heterocycles. The molecule has 0 aliphatic rings. The van der Waals surface area contributed by atoms with Crippen LogP contribution in [0.5, 0.6) is 0 Å². The molecule has 1 unspecified atom stereocenters. The number of nitrogens with one attached hydrogen (secondary N) is 1. The zero-order valence-electron chi connectivity index (χ0n) is 14.6. The Morgan fingerprint density at radius 1 is 1.38 bits per heavy atom. The molecule has 24 heavy (non-hydrogen) atoms. The molecule has 0 bridgehead atoms. The van der Waals surface area contributed by atoms with Gasteiger partial charge >= 0.3 is 6.03 Å². The Kier molecular flexibility index (Phi) is 5.56. The van der Waals surface area contributed by atoms with Gasteiger partial charge in [0.15, 0.2) is 0 Å². The van der Waals surface area contributed by atoms with Crippen molar-refractivity contribution >= 4 is 6.03 Å². The number of urea groups is 1.